The molecule has 0 saturated carbocycles. The summed E-state index contributed by atoms with van der Waals surface area (Å²) in [4.78, 5) is 24.4. The van der Waals surface area contributed by atoms with Crippen LogP contribution in [0.3, 0.4) is 0 Å². The van der Waals surface area contributed by atoms with Crippen LogP contribution in [-0.4, -0.2) is 38.7 Å². The van der Waals surface area contributed by atoms with Crippen LogP contribution < -0.4 is 4.90 Å². The van der Waals surface area contributed by atoms with Crippen LogP contribution in [0.1, 0.15) is 16.1 Å². The first-order valence-electron chi connectivity index (χ1n) is 6.32. The zero-order valence-corrected chi connectivity index (χ0v) is 11.0. The zero-order valence-electron chi connectivity index (χ0n) is 11.0. The Morgan fingerprint density at radius 3 is 2.71 bits per heavy atom. The van der Waals surface area contributed by atoms with Gasteiger partial charge >= 0.3 is 12.1 Å². The van der Waals surface area contributed by atoms with Crippen molar-refractivity contribution in [2.24, 2.45) is 0 Å². The lowest BCUT2D eigenvalue weighted by Gasteiger charge is -2.15. The molecule has 1 aromatic carbocycles. The smallest absolute Gasteiger partial charge is 0.415 e. The molecule has 21 heavy (non-hydrogen) atoms. The minimum Gasteiger partial charge on any atom is -0.476 e. The van der Waals surface area contributed by atoms with Gasteiger partial charge in [-0.25, -0.2) is 14.3 Å². The van der Waals surface area contributed by atoms with Crippen LogP contribution in [0, 0.1) is 0 Å². The fraction of sp³-hybridized carbons (Fsp3) is 0.231. The van der Waals surface area contributed by atoms with Crippen LogP contribution in [0.15, 0.2) is 30.3 Å². The highest BCUT2D eigenvalue weighted by Gasteiger charge is 2.33. The lowest BCUT2D eigenvalue weighted by atomic mass is 10.2. The molecule has 8 nitrogen and oxygen atoms in total. The Labute approximate surface area is 119 Å². The van der Waals surface area contributed by atoms with Crippen LogP contribution >= 0.6 is 0 Å². The predicted molar refractivity (Wildman–Crippen MR) is 71.0 cm³/mol. The third-order valence-electron chi connectivity index (χ3n) is 3.13. The summed E-state index contributed by atoms with van der Waals surface area (Å²) in [5.74, 6) is -1.06. The fourth-order valence-electron chi connectivity index (χ4n) is 2.14. The summed E-state index contributed by atoms with van der Waals surface area (Å²) in [6, 6.07) is 9.24. The highest BCUT2D eigenvalue weighted by Crippen LogP contribution is 2.24. The molecule has 1 amide bonds. The first-order valence-corrected chi connectivity index (χ1v) is 6.32. The van der Waals surface area contributed by atoms with Crippen LogP contribution in [0.5, 0.6) is 0 Å². The number of rotatable bonds is 3. The molecule has 1 aromatic heterocycles. The second-order valence-corrected chi connectivity index (χ2v) is 4.48. The molecule has 0 aliphatic carbocycles. The molecular formula is C13H12N4O4. The summed E-state index contributed by atoms with van der Waals surface area (Å²) < 4.78 is 6.58. The average Bonchev–Trinajstić information content (AvgIpc) is 3.07. The van der Waals surface area contributed by atoms with Crippen LogP contribution in [0.25, 0.3) is 0 Å². The van der Waals surface area contributed by atoms with Gasteiger partial charge in [0, 0.05) is 0 Å². The van der Waals surface area contributed by atoms with E-state index in [9.17, 15) is 9.59 Å². The number of carbonyl (C=O) groups is 2. The van der Waals surface area contributed by atoms with E-state index in [1.54, 1.807) is 0 Å². The van der Waals surface area contributed by atoms with E-state index in [0.29, 0.717) is 13.1 Å². The van der Waals surface area contributed by atoms with E-state index >= 15 is 0 Å². The molecule has 0 radical (unpaired) electrons. The summed E-state index contributed by atoms with van der Waals surface area (Å²) in [5, 5.41) is 16.3. The maximum absolute atomic E-state index is 12.1. The fourth-order valence-corrected chi connectivity index (χ4v) is 2.14. The maximum atomic E-state index is 12.1. The van der Waals surface area contributed by atoms with Crippen LogP contribution in [0.4, 0.5) is 10.6 Å². The molecule has 108 valence electrons. The van der Waals surface area contributed by atoms with E-state index in [0.717, 1.165) is 5.56 Å². The van der Waals surface area contributed by atoms with Crippen molar-refractivity contribution >= 4 is 17.9 Å². The number of ether oxygens (including phenoxy) is 1. The van der Waals surface area contributed by atoms with Gasteiger partial charge in [-0.2, -0.15) is 0 Å². The SMILES string of the molecule is O=C(O)c1nnn2c1N(C(=O)OCc1ccccc1)CC2. The minimum absolute atomic E-state index is 0.125. The second kappa shape index (κ2) is 5.23. The third kappa shape index (κ3) is 2.42. The monoisotopic (exact) mass is 288 g/mol. The van der Waals surface area contributed by atoms with Gasteiger partial charge in [-0.3, -0.25) is 4.90 Å². The first kappa shape index (κ1) is 13.1. The molecule has 1 aliphatic rings. The second-order valence-electron chi connectivity index (χ2n) is 4.48. The molecule has 0 saturated heterocycles. The molecule has 1 aliphatic heterocycles. The highest BCUT2D eigenvalue weighted by molar-refractivity contribution is 5.97. The van der Waals surface area contributed by atoms with Gasteiger partial charge in [-0.1, -0.05) is 35.5 Å². The summed E-state index contributed by atoms with van der Waals surface area (Å²) >= 11 is 0. The molecule has 3 rings (SSSR count). The van der Waals surface area contributed by atoms with Crippen LogP contribution in [-0.2, 0) is 17.9 Å². The van der Waals surface area contributed by atoms with Crippen molar-refractivity contribution < 1.29 is 19.4 Å². The number of hydrogen-bond acceptors (Lipinski definition) is 5. The number of hydrogen-bond donors (Lipinski definition) is 1. The van der Waals surface area contributed by atoms with Gasteiger partial charge in [-0.05, 0) is 5.56 Å². The summed E-state index contributed by atoms with van der Waals surface area (Å²) in [7, 11) is 0. The molecule has 0 unspecified atom stereocenters. The summed E-state index contributed by atoms with van der Waals surface area (Å²) in [5.41, 5.74) is 0.610. The van der Waals surface area contributed by atoms with E-state index in [1.807, 2.05) is 30.3 Å². The van der Waals surface area contributed by atoms with Gasteiger partial charge in [0.2, 0.25) is 5.69 Å². The molecule has 0 fully saturated rings. The van der Waals surface area contributed by atoms with Crippen molar-refractivity contribution in [1.82, 2.24) is 15.0 Å². The van der Waals surface area contributed by atoms with Crippen molar-refractivity contribution in [3.8, 4) is 0 Å². The van der Waals surface area contributed by atoms with Crippen molar-refractivity contribution in [2.75, 3.05) is 11.4 Å². The van der Waals surface area contributed by atoms with Crippen molar-refractivity contribution in [3.63, 3.8) is 0 Å². The number of anilines is 1. The topological polar surface area (TPSA) is 97.5 Å². The highest BCUT2D eigenvalue weighted by atomic mass is 16.6. The van der Waals surface area contributed by atoms with E-state index in [4.69, 9.17) is 9.84 Å². The number of carboxylic acid groups (broad SMARTS) is 1. The number of aromatic nitrogens is 3. The molecule has 2 heterocycles. The maximum Gasteiger partial charge on any atom is 0.415 e. The average molecular weight is 288 g/mol. The molecule has 0 spiro atoms. The van der Waals surface area contributed by atoms with Gasteiger partial charge in [0.25, 0.3) is 0 Å². The van der Waals surface area contributed by atoms with Gasteiger partial charge in [0.15, 0.2) is 5.82 Å². The van der Waals surface area contributed by atoms with E-state index in [2.05, 4.69) is 10.3 Å². The number of carbonyl (C=O) groups excluding carboxylic acids is 1. The Bertz CT molecular complexity index is 683. The van der Waals surface area contributed by atoms with Gasteiger partial charge in [0.05, 0.1) is 13.1 Å². The zero-order chi connectivity index (χ0) is 14.8. The number of nitrogens with zero attached hydrogens (tertiary/aromatic N) is 4. The largest absolute Gasteiger partial charge is 0.476 e. The molecule has 8 heteroatoms. The Balaban J connectivity index is 1.73. The first-order chi connectivity index (χ1) is 10.2. The van der Waals surface area contributed by atoms with Crippen molar-refractivity contribution in [3.05, 3.63) is 41.6 Å². The Hall–Kier alpha value is -2.90. The number of fused-ring (bicyclic) bond motifs is 1. The van der Waals surface area contributed by atoms with Crippen molar-refractivity contribution in [2.45, 2.75) is 13.2 Å². The quantitative estimate of drug-likeness (QED) is 0.909. The van der Waals surface area contributed by atoms with E-state index in [1.165, 1.54) is 9.58 Å². The van der Waals surface area contributed by atoms with Crippen molar-refractivity contribution in [1.29, 1.82) is 0 Å². The molecule has 1 N–H and O–H groups in total. The Morgan fingerprint density at radius 2 is 2.00 bits per heavy atom. The van der Waals surface area contributed by atoms with E-state index < -0.39 is 12.1 Å². The number of carboxylic acids is 1. The number of benzene rings is 1. The predicted octanol–water partition coefficient (Wildman–Crippen LogP) is 1.13. The lowest BCUT2D eigenvalue weighted by molar-refractivity contribution is 0.0691. The summed E-state index contributed by atoms with van der Waals surface area (Å²) in [6.45, 7) is 0.842. The van der Waals surface area contributed by atoms with E-state index in [-0.39, 0.29) is 18.1 Å². The number of aromatic carboxylic acids is 1. The normalized spacial score (nSPS) is 13.0. The molecule has 0 atom stereocenters. The minimum atomic E-state index is -1.22. The molecule has 2 aromatic rings. The lowest BCUT2D eigenvalue weighted by Crippen LogP contribution is -2.30. The summed E-state index contributed by atoms with van der Waals surface area (Å²) in [6.07, 6.45) is -0.609. The molecule has 0 bridgehead atoms. The Kier molecular flexibility index (Phi) is 3.27. The molecular weight excluding hydrogens is 276 g/mol. The Morgan fingerprint density at radius 1 is 1.24 bits per heavy atom. The van der Waals surface area contributed by atoms with Crippen LogP contribution in [0.2, 0.25) is 0 Å². The third-order valence-corrected chi connectivity index (χ3v) is 3.13. The number of amides is 1. The van der Waals surface area contributed by atoms with Gasteiger partial charge in [-0.15, -0.1) is 5.10 Å². The van der Waals surface area contributed by atoms with Gasteiger partial charge in [0.1, 0.15) is 6.61 Å². The standard InChI is InChI=1S/C13H12N4O4/c18-12(19)10-11-16(6-7-17(11)15-14-10)13(20)21-8-9-4-2-1-3-5-9/h1-5H,6-8H2,(H,18,19). The van der Waals surface area contributed by atoms with Gasteiger partial charge < -0.3 is 9.84 Å².